The van der Waals surface area contributed by atoms with Gasteiger partial charge in [0.2, 0.25) is 21.8 Å². The zero-order chi connectivity index (χ0) is 37.1. The van der Waals surface area contributed by atoms with Crippen molar-refractivity contribution in [3.05, 3.63) is 89.6 Å². The third-order valence-electron chi connectivity index (χ3n) is 9.07. The number of aliphatic hydroxyl groups excluding tert-OH is 1. The van der Waals surface area contributed by atoms with Crippen LogP contribution >= 0.6 is 0 Å². The van der Waals surface area contributed by atoms with Crippen molar-refractivity contribution in [2.24, 2.45) is 17.0 Å². The molecule has 14 heteroatoms. The summed E-state index contributed by atoms with van der Waals surface area (Å²) < 4.78 is 34.2. The maximum Gasteiger partial charge on any atom is 0.321 e. The average molecular weight is 723 g/mol. The number of hydrogen-bond donors (Lipinski definition) is 3. The first-order valence-corrected chi connectivity index (χ1v) is 18.7. The number of pyridine rings is 1. The Kier molecular flexibility index (Phi) is 13.9. The summed E-state index contributed by atoms with van der Waals surface area (Å²) in [6.07, 6.45) is 2.42. The molecule has 2 unspecified atom stereocenters. The molecule has 0 spiro atoms. The van der Waals surface area contributed by atoms with E-state index in [4.69, 9.17) is 9.94 Å². The van der Waals surface area contributed by atoms with Crippen molar-refractivity contribution in [2.45, 2.75) is 70.2 Å². The van der Waals surface area contributed by atoms with E-state index in [-0.39, 0.29) is 42.3 Å². The van der Waals surface area contributed by atoms with E-state index in [0.717, 1.165) is 11.1 Å². The number of carbonyl (C=O) groups excluding carboxylic acids is 2. The smallest absolute Gasteiger partial charge is 0.321 e. The van der Waals surface area contributed by atoms with Gasteiger partial charge in [0.1, 0.15) is 6.04 Å². The quantitative estimate of drug-likeness (QED) is 0.101. The zero-order valence-corrected chi connectivity index (χ0v) is 30.7. The summed E-state index contributed by atoms with van der Waals surface area (Å²) in [5.74, 6) is -0.211. The summed E-state index contributed by atoms with van der Waals surface area (Å²) in [4.78, 5) is 35.5. The molecular formula is C37H50N6O7S. The van der Waals surface area contributed by atoms with Gasteiger partial charge in [-0.3, -0.25) is 4.79 Å². The van der Waals surface area contributed by atoms with E-state index < -0.39 is 34.1 Å². The van der Waals surface area contributed by atoms with Gasteiger partial charge in [0.05, 0.1) is 30.4 Å². The maximum absolute atomic E-state index is 14.3. The van der Waals surface area contributed by atoms with Crippen LogP contribution in [-0.4, -0.2) is 107 Å². The molecule has 1 aromatic heterocycles. The number of benzene rings is 2. The van der Waals surface area contributed by atoms with Crippen LogP contribution in [0, 0.1) is 11.8 Å². The third-order valence-corrected chi connectivity index (χ3v) is 10.9. The molecule has 3 N–H and O–H groups in total. The molecule has 4 rings (SSSR count). The lowest BCUT2D eigenvalue weighted by Gasteiger charge is -2.35. The van der Waals surface area contributed by atoms with E-state index in [0.29, 0.717) is 37.5 Å². The minimum absolute atomic E-state index is 0.0217. The fraction of sp³-hybridized carbons (Fsp3) is 0.459. The Hall–Kier alpha value is -4.53. The van der Waals surface area contributed by atoms with Crippen molar-refractivity contribution >= 4 is 28.2 Å². The van der Waals surface area contributed by atoms with Gasteiger partial charge < -0.3 is 30.2 Å². The van der Waals surface area contributed by atoms with Gasteiger partial charge in [-0.2, -0.15) is 4.31 Å². The molecule has 2 aromatic carbocycles. The Balaban J connectivity index is 1.58. The SMILES string of the molecule is CCC(C)C(C(=O)N[C@@H](Cc1ccccc1)[C@H](O)CN(CC(C)C)S(=O)(=O)c1ccc(/C=N/O)cc1)N1CCN(Cc2ccc(OC)nc2)C1=O. The van der Waals surface area contributed by atoms with Crippen LogP contribution in [0.5, 0.6) is 5.88 Å². The molecule has 1 fully saturated rings. The molecule has 1 aliphatic heterocycles. The van der Waals surface area contributed by atoms with Gasteiger partial charge in [0.15, 0.2) is 0 Å². The molecule has 0 radical (unpaired) electrons. The number of methoxy groups -OCH3 is 1. The minimum atomic E-state index is -4.06. The molecule has 0 saturated carbocycles. The number of amides is 3. The number of oxime groups is 1. The topological polar surface area (TPSA) is 165 Å². The van der Waals surface area contributed by atoms with Crippen molar-refractivity contribution in [3.63, 3.8) is 0 Å². The molecule has 13 nitrogen and oxygen atoms in total. The zero-order valence-electron chi connectivity index (χ0n) is 29.9. The molecule has 51 heavy (non-hydrogen) atoms. The Labute approximate surface area is 301 Å². The van der Waals surface area contributed by atoms with Crippen molar-refractivity contribution in [1.82, 2.24) is 24.4 Å². The van der Waals surface area contributed by atoms with Gasteiger partial charge in [0, 0.05) is 45.0 Å². The lowest BCUT2D eigenvalue weighted by atomic mass is 9.95. The first-order chi connectivity index (χ1) is 24.4. The first-order valence-electron chi connectivity index (χ1n) is 17.2. The monoisotopic (exact) mass is 722 g/mol. The summed E-state index contributed by atoms with van der Waals surface area (Å²) in [5.41, 5.74) is 2.20. The standard InChI is InChI=1S/C37H50N6O7S/c1-6-27(4)35(43-19-18-41(37(43)46)24-30-14-17-34(50-5)38-21-30)36(45)40-32(20-28-10-8-7-9-11-28)33(44)25-42(23-26(2)3)51(48,49)31-15-12-29(13-16-31)22-39-47/h7-17,21-22,26-27,32-33,35,44,47H,6,18-20,23-25H2,1-5H3,(H,40,45)/b39-22+/t27?,32-,33+,35?/m0/s1. The number of urea groups is 1. The van der Waals surface area contributed by atoms with Gasteiger partial charge in [-0.25, -0.2) is 18.2 Å². The van der Waals surface area contributed by atoms with E-state index in [2.05, 4.69) is 15.5 Å². The largest absolute Gasteiger partial charge is 0.481 e. The second-order valence-electron chi connectivity index (χ2n) is 13.3. The van der Waals surface area contributed by atoms with Crippen molar-refractivity contribution in [1.29, 1.82) is 0 Å². The van der Waals surface area contributed by atoms with E-state index in [1.54, 1.807) is 22.1 Å². The summed E-state index contributed by atoms with van der Waals surface area (Å²) in [7, 11) is -2.53. The van der Waals surface area contributed by atoms with E-state index in [1.807, 2.05) is 64.1 Å². The summed E-state index contributed by atoms with van der Waals surface area (Å²) >= 11 is 0. The predicted octanol–water partition coefficient (Wildman–Crippen LogP) is 3.99. The Morgan fingerprint density at radius 2 is 1.75 bits per heavy atom. The van der Waals surface area contributed by atoms with Crippen molar-refractivity contribution < 1.29 is 33.1 Å². The van der Waals surface area contributed by atoms with Crippen LogP contribution in [0.25, 0.3) is 0 Å². The lowest BCUT2D eigenvalue weighted by Crippen LogP contribution is -2.57. The normalized spacial score (nSPS) is 16.1. The number of ether oxygens (including phenoxy) is 1. The Morgan fingerprint density at radius 1 is 1.04 bits per heavy atom. The molecule has 4 atom stereocenters. The number of aliphatic hydroxyl groups is 1. The van der Waals surface area contributed by atoms with E-state index in [9.17, 15) is 23.1 Å². The number of nitrogens with one attached hydrogen (secondary N) is 1. The van der Waals surface area contributed by atoms with E-state index >= 15 is 0 Å². The molecule has 2 heterocycles. The number of rotatable bonds is 18. The fourth-order valence-corrected chi connectivity index (χ4v) is 7.78. The summed E-state index contributed by atoms with van der Waals surface area (Å²) in [6.45, 7) is 8.60. The molecule has 0 bridgehead atoms. The number of sulfonamides is 1. The van der Waals surface area contributed by atoms with Crippen LogP contribution < -0.4 is 10.1 Å². The van der Waals surface area contributed by atoms with Crippen molar-refractivity contribution in [3.8, 4) is 5.88 Å². The molecule has 3 amide bonds. The highest BCUT2D eigenvalue weighted by Gasteiger charge is 2.41. The number of aromatic nitrogens is 1. The van der Waals surface area contributed by atoms with Gasteiger partial charge in [-0.1, -0.05) is 87.8 Å². The van der Waals surface area contributed by atoms with Crippen LogP contribution in [0.1, 0.15) is 50.8 Å². The maximum atomic E-state index is 14.3. The highest BCUT2D eigenvalue weighted by molar-refractivity contribution is 7.89. The van der Waals surface area contributed by atoms with Crippen LogP contribution in [0.15, 0.2) is 83.0 Å². The summed E-state index contributed by atoms with van der Waals surface area (Å²) in [6, 6.07) is 16.9. The first kappa shape index (κ1) is 39.3. The minimum Gasteiger partial charge on any atom is -0.481 e. The van der Waals surface area contributed by atoms with Gasteiger partial charge in [0.25, 0.3) is 0 Å². The van der Waals surface area contributed by atoms with Gasteiger partial charge >= 0.3 is 6.03 Å². The number of nitrogens with zero attached hydrogens (tertiary/aromatic N) is 5. The summed E-state index contributed by atoms with van der Waals surface area (Å²) in [5, 5.41) is 26.7. The molecule has 3 aromatic rings. The molecule has 0 aliphatic carbocycles. The Morgan fingerprint density at radius 3 is 2.33 bits per heavy atom. The van der Waals surface area contributed by atoms with Crippen LogP contribution in [0.3, 0.4) is 0 Å². The number of carbonyl (C=O) groups is 2. The highest BCUT2D eigenvalue weighted by Crippen LogP contribution is 2.24. The van der Waals surface area contributed by atoms with Gasteiger partial charge in [-0.15, -0.1) is 0 Å². The van der Waals surface area contributed by atoms with E-state index in [1.165, 1.54) is 41.9 Å². The highest BCUT2D eigenvalue weighted by atomic mass is 32.2. The molecular weight excluding hydrogens is 673 g/mol. The fourth-order valence-electron chi connectivity index (χ4n) is 6.16. The lowest BCUT2D eigenvalue weighted by molar-refractivity contribution is -0.128. The average Bonchev–Trinajstić information content (AvgIpc) is 3.46. The van der Waals surface area contributed by atoms with Crippen LogP contribution in [0.2, 0.25) is 0 Å². The molecule has 1 aliphatic rings. The van der Waals surface area contributed by atoms with Crippen LogP contribution in [0.4, 0.5) is 4.79 Å². The second-order valence-corrected chi connectivity index (χ2v) is 15.3. The third kappa shape index (κ3) is 10.3. The number of hydrogen-bond acceptors (Lipinski definition) is 9. The molecule has 1 saturated heterocycles. The van der Waals surface area contributed by atoms with Crippen LogP contribution in [-0.2, 0) is 27.8 Å². The predicted molar refractivity (Wildman–Crippen MR) is 194 cm³/mol. The Bertz CT molecular complexity index is 1710. The second kappa shape index (κ2) is 18.1. The molecule has 276 valence electrons. The van der Waals surface area contributed by atoms with Crippen molar-refractivity contribution in [2.75, 3.05) is 33.3 Å². The van der Waals surface area contributed by atoms with Gasteiger partial charge in [-0.05, 0) is 47.1 Å².